The van der Waals surface area contributed by atoms with Crippen LogP contribution in [0, 0.1) is 0 Å². The molecule has 19 heavy (non-hydrogen) atoms. The molecule has 2 aromatic rings. The summed E-state index contributed by atoms with van der Waals surface area (Å²) in [6.45, 7) is 0. The lowest BCUT2D eigenvalue weighted by Crippen LogP contribution is -2.03. The Kier molecular flexibility index (Phi) is 2.00. The molecule has 2 aliphatic rings. The summed E-state index contributed by atoms with van der Waals surface area (Å²) in [5, 5.41) is 2.93. The lowest BCUT2D eigenvalue weighted by atomic mass is 9.98. The zero-order chi connectivity index (χ0) is 12.8. The van der Waals surface area contributed by atoms with Crippen molar-refractivity contribution in [3.8, 4) is 11.3 Å². The number of H-pyrrole nitrogens is 1. The van der Waals surface area contributed by atoms with Crippen LogP contribution >= 0.6 is 0 Å². The molecule has 0 saturated heterocycles. The van der Waals surface area contributed by atoms with Crippen molar-refractivity contribution in [3.63, 3.8) is 0 Å². The summed E-state index contributed by atoms with van der Waals surface area (Å²) in [6, 6.07) is 19.7. The number of para-hydroxylation sites is 1. The fourth-order valence-electron chi connectivity index (χ4n) is 2.66. The highest BCUT2D eigenvalue weighted by atomic mass is 16.1. The van der Waals surface area contributed by atoms with Crippen molar-refractivity contribution < 1.29 is 0 Å². The van der Waals surface area contributed by atoms with Crippen molar-refractivity contribution in [2.45, 2.75) is 0 Å². The SMILES string of the molecule is O=c1cc2[nH]c3ccccc3cc-2c2ccccc12. The number of aromatic nitrogens is 1. The molecule has 0 fully saturated rings. The van der Waals surface area contributed by atoms with E-state index < -0.39 is 0 Å². The third kappa shape index (κ3) is 1.47. The first-order chi connectivity index (χ1) is 9.33. The molecule has 0 aromatic heterocycles. The Morgan fingerprint density at radius 3 is 2.42 bits per heavy atom. The van der Waals surface area contributed by atoms with E-state index in [1.807, 2.05) is 42.5 Å². The maximum Gasteiger partial charge on any atom is 0.188 e. The van der Waals surface area contributed by atoms with Crippen molar-refractivity contribution >= 4 is 21.7 Å². The molecular formula is C17H11NO. The van der Waals surface area contributed by atoms with Crippen molar-refractivity contribution in [1.82, 2.24) is 4.98 Å². The van der Waals surface area contributed by atoms with Crippen LogP contribution in [-0.2, 0) is 0 Å². The van der Waals surface area contributed by atoms with Gasteiger partial charge >= 0.3 is 0 Å². The third-order valence-corrected chi connectivity index (χ3v) is 3.58. The molecule has 0 saturated carbocycles. The molecule has 0 amide bonds. The van der Waals surface area contributed by atoms with Gasteiger partial charge in [-0.25, -0.2) is 0 Å². The molecule has 1 N–H and O–H groups in total. The predicted octanol–water partition coefficient (Wildman–Crippen LogP) is 3.79. The second-order valence-electron chi connectivity index (χ2n) is 4.74. The maximum atomic E-state index is 12.1. The molecule has 2 aromatic carbocycles. The van der Waals surface area contributed by atoms with Gasteiger partial charge in [-0.3, -0.25) is 4.79 Å². The van der Waals surface area contributed by atoms with E-state index in [1.165, 1.54) is 0 Å². The molecular weight excluding hydrogens is 234 g/mol. The Bertz CT molecular complexity index is 936. The van der Waals surface area contributed by atoms with Gasteiger partial charge in [0.2, 0.25) is 0 Å². The first-order valence-electron chi connectivity index (χ1n) is 6.26. The van der Waals surface area contributed by atoms with E-state index in [0.29, 0.717) is 0 Å². The molecule has 0 spiro atoms. The predicted molar refractivity (Wildman–Crippen MR) is 78.7 cm³/mol. The van der Waals surface area contributed by atoms with Crippen LogP contribution in [0.1, 0.15) is 0 Å². The number of aromatic amines is 1. The van der Waals surface area contributed by atoms with Crippen LogP contribution in [0.4, 0.5) is 0 Å². The monoisotopic (exact) mass is 245 g/mol. The number of hydrogen-bond acceptors (Lipinski definition) is 1. The van der Waals surface area contributed by atoms with Gasteiger partial charge in [0, 0.05) is 22.5 Å². The Morgan fingerprint density at radius 2 is 1.53 bits per heavy atom. The fraction of sp³-hybridized carbons (Fsp3) is 0. The van der Waals surface area contributed by atoms with Crippen LogP contribution in [0.3, 0.4) is 0 Å². The number of hydrogen-bond donors (Lipinski definition) is 1. The Balaban J connectivity index is 2.30. The highest BCUT2D eigenvalue weighted by Gasteiger charge is 2.10. The summed E-state index contributed by atoms with van der Waals surface area (Å²) < 4.78 is 0. The topological polar surface area (TPSA) is 32.9 Å². The van der Waals surface area contributed by atoms with Crippen molar-refractivity contribution in [1.29, 1.82) is 0 Å². The van der Waals surface area contributed by atoms with Gasteiger partial charge in [0.25, 0.3) is 0 Å². The summed E-state index contributed by atoms with van der Waals surface area (Å²) in [6.07, 6.45) is 0. The van der Waals surface area contributed by atoms with Gasteiger partial charge in [0.1, 0.15) is 0 Å². The van der Waals surface area contributed by atoms with Crippen LogP contribution in [0.5, 0.6) is 0 Å². The standard InChI is InChI=1S/C17H11NO/c19-17-10-16-14(12-6-2-3-7-13(12)17)9-11-5-1-4-8-15(11)18-16/h1-10,18H. The fourth-order valence-corrected chi connectivity index (χ4v) is 2.66. The number of fused-ring (bicyclic) bond motifs is 4. The van der Waals surface area contributed by atoms with Crippen molar-refractivity contribution in [3.05, 3.63) is 70.9 Å². The van der Waals surface area contributed by atoms with E-state index in [-0.39, 0.29) is 5.43 Å². The van der Waals surface area contributed by atoms with E-state index in [0.717, 1.165) is 32.9 Å². The third-order valence-electron chi connectivity index (χ3n) is 3.58. The average molecular weight is 245 g/mol. The zero-order valence-corrected chi connectivity index (χ0v) is 10.2. The van der Waals surface area contributed by atoms with Crippen LogP contribution < -0.4 is 5.43 Å². The first-order valence-corrected chi connectivity index (χ1v) is 6.26. The largest absolute Gasteiger partial charge is 0.354 e. The van der Waals surface area contributed by atoms with Crippen molar-refractivity contribution in [2.75, 3.05) is 0 Å². The van der Waals surface area contributed by atoms with Crippen molar-refractivity contribution in [2.24, 2.45) is 0 Å². The summed E-state index contributed by atoms with van der Waals surface area (Å²) in [4.78, 5) is 15.5. The molecule has 0 atom stereocenters. The molecule has 0 unspecified atom stereocenters. The van der Waals surface area contributed by atoms with E-state index in [9.17, 15) is 4.79 Å². The van der Waals surface area contributed by atoms with E-state index in [2.05, 4.69) is 17.1 Å². The van der Waals surface area contributed by atoms with Gasteiger partial charge in [-0.1, -0.05) is 42.5 Å². The highest BCUT2D eigenvalue weighted by Crippen LogP contribution is 2.29. The summed E-state index contributed by atoms with van der Waals surface area (Å²) in [5.74, 6) is 0. The number of rotatable bonds is 0. The second-order valence-corrected chi connectivity index (χ2v) is 4.74. The summed E-state index contributed by atoms with van der Waals surface area (Å²) in [7, 11) is 0. The van der Waals surface area contributed by atoms with E-state index in [4.69, 9.17) is 0 Å². The average Bonchev–Trinajstić information content (AvgIpc) is 2.46. The lowest BCUT2D eigenvalue weighted by molar-refractivity contribution is 1.39. The number of benzene rings is 3. The molecule has 2 heteroatoms. The second kappa shape index (κ2) is 3.69. The molecule has 0 bridgehead atoms. The Labute approximate surface area is 109 Å². The normalized spacial score (nSPS) is 11.4. The van der Waals surface area contributed by atoms with Crippen LogP contribution in [0.25, 0.3) is 32.9 Å². The molecule has 0 radical (unpaired) electrons. The van der Waals surface area contributed by atoms with E-state index in [1.54, 1.807) is 6.07 Å². The Hall–Kier alpha value is -2.61. The van der Waals surface area contributed by atoms with Crippen LogP contribution in [0.15, 0.2) is 65.5 Å². The number of nitrogens with one attached hydrogen (secondary N) is 1. The molecule has 4 rings (SSSR count). The zero-order valence-electron chi connectivity index (χ0n) is 10.2. The summed E-state index contributed by atoms with van der Waals surface area (Å²) in [5.41, 5.74) is 3.09. The van der Waals surface area contributed by atoms with Gasteiger partial charge in [-0.2, -0.15) is 0 Å². The quantitative estimate of drug-likeness (QED) is 0.371. The maximum absolute atomic E-state index is 12.1. The van der Waals surface area contributed by atoms with Gasteiger partial charge in [0.05, 0.1) is 5.69 Å². The van der Waals surface area contributed by atoms with Gasteiger partial charge < -0.3 is 4.98 Å². The minimum absolute atomic E-state index is 0.0645. The molecule has 1 aliphatic heterocycles. The van der Waals surface area contributed by atoms with Gasteiger partial charge in [-0.15, -0.1) is 0 Å². The molecule has 2 nitrogen and oxygen atoms in total. The first kappa shape index (κ1) is 10.3. The molecule has 90 valence electrons. The van der Waals surface area contributed by atoms with E-state index >= 15 is 0 Å². The Morgan fingerprint density at radius 1 is 0.789 bits per heavy atom. The minimum atomic E-state index is 0.0645. The summed E-state index contributed by atoms with van der Waals surface area (Å²) >= 11 is 0. The number of pyridine rings is 1. The van der Waals surface area contributed by atoms with Crippen LogP contribution in [-0.4, -0.2) is 4.98 Å². The van der Waals surface area contributed by atoms with Crippen LogP contribution in [0.2, 0.25) is 0 Å². The van der Waals surface area contributed by atoms with Gasteiger partial charge in [-0.05, 0) is 22.9 Å². The lowest BCUT2D eigenvalue weighted by Gasteiger charge is -2.11. The smallest absolute Gasteiger partial charge is 0.188 e. The molecule has 1 aliphatic carbocycles. The molecule has 1 heterocycles. The van der Waals surface area contributed by atoms with Gasteiger partial charge in [0.15, 0.2) is 5.43 Å². The minimum Gasteiger partial charge on any atom is -0.354 e. The highest BCUT2D eigenvalue weighted by molar-refractivity contribution is 6.00.